The van der Waals surface area contributed by atoms with Gasteiger partial charge in [0.2, 0.25) is 5.95 Å². The molecule has 2 aliphatic rings. The number of nitrogens with one attached hydrogen (secondary N) is 3. The number of anilines is 1. The van der Waals surface area contributed by atoms with Crippen LogP contribution in [0.1, 0.15) is 45.7 Å². The van der Waals surface area contributed by atoms with Gasteiger partial charge in [-0.25, -0.2) is 9.97 Å². The fraction of sp³-hybridized carbons (Fsp3) is 0.474. The molecule has 2 aromatic heterocycles. The Kier molecular flexibility index (Phi) is 5.22. The smallest absolute Gasteiger partial charge is 0.356 e. The van der Waals surface area contributed by atoms with Crippen LogP contribution >= 0.6 is 0 Å². The Morgan fingerprint density at radius 2 is 2.10 bits per heavy atom. The molecule has 1 unspecified atom stereocenters. The summed E-state index contributed by atoms with van der Waals surface area (Å²) >= 11 is 0. The van der Waals surface area contributed by atoms with E-state index in [-0.39, 0.29) is 41.8 Å². The van der Waals surface area contributed by atoms with Gasteiger partial charge < -0.3 is 20.5 Å². The number of piperidine rings is 1. The van der Waals surface area contributed by atoms with Crippen molar-refractivity contribution in [2.24, 2.45) is 0 Å². The van der Waals surface area contributed by atoms with Crippen LogP contribution in [0.15, 0.2) is 12.4 Å². The summed E-state index contributed by atoms with van der Waals surface area (Å²) in [7, 11) is 1.54. The van der Waals surface area contributed by atoms with Gasteiger partial charge in [-0.05, 0) is 19.4 Å². The minimum atomic E-state index is -4.72. The predicted molar refractivity (Wildman–Crippen MR) is 102 cm³/mol. The molecule has 2 aliphatic heterocycles. The third-order valence-corrected chi connectivity index (χ3v) is 5.37. The third kappa shape index (κ3) is 3.76. The first-order valence-electron chi connectivity index (χ1n) is 9.67. The van der Waals surface area contributed by atoms with Gasteiger partial charge in [0, 0.05) is 50.6 Å². The van der Waals surface area contributed by atoms with Crippen molar-refractivity contribution in [1.29, 1.82) is 0 Å². The molecule has 1 amide bonds. The number of carbonyl (C=O) groups excluding carboxylic acids is 2. The van der Waals surface area contributed by atoms with Gasteiger partial charge >= 0.3 is 6.18 Å². The number of rotatable bonds is 3. The summed E-state index contributed by atoms with van der Waals surface area (Å²) in [6.45, 7) is 1.73. The molecule has 2 aromatic rings. The Balaban J connectivity index is 1.81. The Labute approximate surface area is 170 Å². The summed E-state index contributed by atoms with van der Waals surface area (Å²) < 4.78 is 41.1. The highest BCUT2D eigenvalue weighted by molar-refractivity contribution is 6.12. The van der Waals surface area contributed by atoms with E-state index in [2.05, 4.69) is 25.6 Å². The molecular formula is C19H21F3N6O2. The second-order valence-corrected chi connectivity index (χ2v) is 7.49. The summed E-state index contributed by atoms with van der Waals surface area (Å²) in [5.41, 5.74) is -1.61. The SMILES string of the molecule is CN1CCC(=O)c2c(-c3nc(NC4CCCNC4)ncc3C(F)(F)F)c[nH]c2C1=O. The van der Waals surface area contributed by atoms with Crippen molar-refractivity contribution in [2.75, 3.05) is 32.0 Å². The average Bonchev–Trinajstić information content (AvgIpc) is 3.12. The van der Waals surface area contributed by atoms with E-state index in [1.807, 2.05) is 0 Å². The zero-order valence-corrected chi connectivity index (χ0v) is 16.3. The molecule has 11 heteroatoms. The molecule has 0 spiro atoms. The number of nitrogens with zero attached hydrogens (tertiary/aromatic N) is 3. The van der Waals surface area contributed by atoms with Crippen molar-refractivity contribution in [2.45, 2.75) is 31.5 Å². The second kappa shape index (κ2) is 7.71. The van der Waals surface area contributed by atoms with E-state index in [1.165, 1.54) is 18.1 Å². The van der Waals surface area contributed by atoms with Crippen LogP contribution in [0.4, 0.5) is 19.1 Å². The number of hydrogen-bond donors (Lipinski definition) is 3. The summed E-state index contributed by atoms with van der Waals surface area (Å²) in [4.78, 5) is 37.2. The van der Waals surface area contributed by atoms with Crippen molar-refractivity contribution < 1.29 is 22.8 Å². The number of aromatic nitrogens is 3. The van der Waals surface area contributed by atoms with E-state index < -0.39 is 29.1 Å². The maximum absolute atomic E-state index is 13.7. The molecule has 30 heavy (non-hydrogen) atoms. The van der Waals surface area contributed by atoms with Gasteiger partial charge in [-0.3, -0.25) is 9.59 Å². The molecule has 160 valence electrons. The number of fused-ring (bicyclic) bond motifs is 1. The van der Waals surface area contributed by atoms with E-state index in [0.29, 0.717) is 6.54 Å². The van der Waals surface area contributed by atoms with Crippen LogP contribution in [-0.2, 0) is 6.18 Å². The zero-order valence-electron chi connectivity index (χ0n) is 16.3. The molecule has 0 radical (unpaired) electrons. The summed E-state index contributed by atoms with van der Waals surface area (Å²) in [6.07, 6.45) is -0.977. The van der Waals surface area contributed by atoms with Gasteiger partial charge in [-0.2, -0.15) is 13.2 Å². The Morgan fingerprint density at radius 1 is 1.30 bits per heavy atom. The quantitative estimate of drug-likeness (QED) is 0.702. The lowest BCUT2D eigenvalue weighted by atomic mass is 9.99. The van der Waals surface area contributed by atoms with Gasteiger partial charge in [0.1, 0.15) is 11.3 Å². The molecule has 1 saturated heterocycles. The van der Waals surface area contributed by atoms with E-state index >= 15 is 0 Å². The molecule has 8 nitrogen and oxygen atoms in total. The number of Topliss-reactive ketones (excluding diaryl/α,β-unsaturated/α-hetero) is 1. The first-order chi connectivity index (χ1) is 14.3. The highest BCUT2D eigenvalue weighted by Crippen LogP contribution is 2.39. The number of halogens is 3. The maximum atomic E-state index is 13.7. The Morgan fingerprint density at radius 3 is 2.80 bits per heavy atom. The minimum Gasteiger partial charge on any atom is -0.356 e. The van der Waals surface area contributed by atoms with Crippen molar-refractivity contribution in [3.63, 3.8) is 0 Å². The molecule has 1 fully saturated rings. The maximum Gasteiger partial charge on any atom is 0.419 e. The Bertz CT molecular complexity index is 981. The van der Waals surface area contributed by atoms with Crippen molar-refractivity contribution in [3.05, 3.63) is 29.2 Å². The number of ketones is 1. The van der Waals surface area contributed by atoms with Crippen LogP contribution in [0.3, 0.4) is 0 Å². The van der Waals surface area contributed by atoms with Crippen molar-refractivity contribution >= 4 is 17.6 Å². The average molecular weight is 422 g/mol. The number of hydrogen-bond acceptors (Lipinski definition) is 6. The highest BCUT2D eigenvalue weighted by atomic mass is 19.4. The lowest BCUT2D eigenvalue weighted by Crippen LogP contribution is -2.38. The normalized spacial score (nSPS) is 20.1. The van der Waals surface area contributed by atoms with Crippen LogP contribution in [0.2, 0.25) is 0 Å². The first kappa shape index (κ1) is 20.3. The van der Waals surface area contributed by atoms with Crippen molar-refractivity contribution in [1.82, 2.24) is 25.2 Å². The monoisotopic (exact) mass is 422 g/mol. The van der Waals surface area contributed by atoms with Crippen LogP contribution in [-0.4, -0.2) is 64.3 Å². The molecule has 0 aliphatic carbocycles. The number of amides is 1. The van der Waals surface area contributed by atoms with Crippen LogP contribution in [0, 0.1) is 0 Å². The van der Waals surface area contributed by atoms with Crippen molar-refractivity contribution in [3.8, 4) is 11.3 Å². The number of H-pyrrole nitrogens is 1. The molecule has 0 aromatic carbocycles. The van der Waals surface area contributed by atoms with Crippen LogP contribution < -0.4 is 10.6 Å². The zero-order chi connectivity index (χ0) is 21.5. The molecule has 1 atom stereocenters. The lowest BCUT2D eigenvalue weighted by molar-refractivity contribution is -0.137. The summed E-state index contributed by atoms with van der Waals surface area (Å²) in [5.74, 6) is -0.806. The molecule has 3 N–H and O–H groups in total. The fourth-order valence-corrected chi connectivity index (χ4v) is 3.78. The van der Waals surface area contributed by atoms with E-state index in [0.717, 1.165) is 25.6 Å². The van der Waals surface area contributed by atoms with Gasteiger partial charge in [-0.1, -0.05) is 0 Å². The van der Waals surface area contributed by atoms with Gasteiger partial charge in [0.25, 0.3) is 5.91 Å². The third-order valence-electron chi connectivity index (χ3n) is 5.37. The molecule has 0 saturated carbocycles. The molecule has 0 bridgehead atoms. The minimum absolute atomic E-state index is 0.0106. The van der Waals surface area contributed by atoms with Gasteiger partial charge in [0.05, 0.1) is 11.3 Å². The topological polar surface area (TPSA) is 103 Å². The van der Waals surface area contributed by atoms with E-state index in [4.69, 9.17) is 0 Å². The van der Waals surface area contributed by atoms with Gasteiger partial charge in [-0.15, -0.1) is 0 Å². The molecule has 4 rings (SSSR count). The van der Waals surface area contributed by atoms with Gasteiger partial charge in [0.15, 0.2) is 5.78 Å². The summed E-state index contributed by atoms with van der Waals surface area (Å²) in [5, 5.41) is 6.26. The fourth-order valence-electron chi connectivity index (χ4n) is 3.78. The number of aromatic amines is 1. The standard InChI is InChI=1S/C19H21F3N6O2/c1-28-6-4-13(29)14-11(8-24-16(14)17(28)30)15-12(19(20,21)22)9-25-18(27-15)26-10-3-2-5-23-7-10/h8-10,23-24H,2-7H2,1H3,(H,25,26,27). The van der Waals surface area contributed by atoms with Crippen LogP contribution in [0.25, 0.3) is 11.3 Å². The lowest BCUT2D eigenvalue weighted by Gasteiger charge is -2.24. The first-order valence-corrected chi connectivity index (χ1v) is 9.67. The molecule has 4 heterocycles. The second-order valence-electron chi connectivity index (χ2n) is 7.49. The van der Waals surface area contributed by atoms with E-state index in [9.17, 15) is 22.8 Å². The molecular weight excluding hydrogens is 401 g/mol. The van der Waals surface area contributed by atoms with Crippen LogP contribution in [0.5, 0.6) is 0 Å². The number of alkyl halides is 3. The largest absolute Gasteiger partial charge is 0.419 e. The highest BCUT2D eigenvalue weighted by Gasteiger charge is 2.38. The Hall–Kier alpha value is -2.95. The number of carbonyl (C=O) groups is 2. The van der Waals surface area contributed by atoms with E-state index in [1.54, 1.807) is 0 Å². The summed E-state index contributed by atoms with van der Waals surface area (Å²) in [6, 6.07) is -0.0106. The predicted octanol–water partition coefficient (Wildman–Crippen LogP) is 2.31.